The minimum absolute atomic E-state index is 0.159. The smallest absolute Gasteiger partial charge is 0.312 e. The van der Waals surface area contributed by atoms with Crippen LogP contribution in [0.25, 0.3) is 0 Å². The molecule has 0 spiro atoms. The van der Waals surface area contributed by atoms with Crippen LogP contribution in [0.3, 0.4) is 0 Å². The number of nitrogens with zero attached hydrogens (tertiary/aromatic N) is 2. The lowest BCUT2D eigenvalue weighted by Crippen LogP contribution is -2.24. The zero-order valence-corrected chi connectivity index (χ0v) is 14.6. The molecule has 0 saturated heterocycles. The van der Waals surface area contributed by atoms with Gasteiger partial charge in [-0.2, -0.15) is 0 Å². The number of aryl methyl sites for hydroxylation is 2. The van der Waals surface area contributed by atoms with Crippen molar-refractivity contribution in [3.63, 3.8) is 0 Å². The largest absolute Gasteiger partial charge is 0.408 e. The minimum atomic E-state index is -0.376. The molecule has 2 rings (SSSR count). The van der Waals surface area contributed by atoms with Crippen molar-refractivity contribution in [2.24, 2.45) is 4.99 Å². The monoisotopic (exact) mass is 332 g/mol. The Hall–Kier alpha value is -2.21. The Morgan fingerprint density at radius 2 is 1.96 bits per heavy atom. The molecule has 0 N–H and O–H groups in total. The molecule has 0 aliphatic carbocycles. The minimum Gasteiger partial charge on any atom is -0.408 e. The van der Waals surface area contributed by atoms with Gasteiger partial charge in [-0.3, -0.25) is 9.59 Å². The number of ether oxygens (including phenoxy) is 1. The molecule has 6 heteroatoms. The molecule has 5 nitrogen and oxygen atoms in total. The van der Waals surface area contributed by atoms with Crippen LogP contribution in [0.15, 0.2) is 28.6 Å². The first-order valence-corrected chi connectivity index (χ1v) is 8.40. The average molecular weight is 332 g/mol. The molecule has 0 aliphatic rings. The summed E-state index contributed by atoms with van der Waals surface area (Å²) in [6.45, 7) is 7.47. The third-order valence-corrected chi connectivity index (χ3v) is 4.11. The lowest BCUT2D eigenvalue weighted by molar-refractivity contribution is -0.134. The van der Waals surface area contributed by atoms with E-state index >= 15 is 0 Å². The Morgan fingerprint density at radius 3 is 2.57 bits per heavy atom. The highest BCUT2D eigenvalue weighted by atomic mass is 32.1. The highest BCUT2D eigenvalue weighted by molar-refractivity contribution is 7.07. The van der Waals surface area contributed by atoms with Gasteiger partial charge in [0.05, 0.1) is 11.1 Å². The van der Waals surface area contributed by atoms with Gasteiger partial charge in [-0.05, 0) is 25.5 Å². The Kier molecular flexibility index (Phi) is 5.50. The van der Waals surface area contributed by atoms with Crippen molar-refractivity contribution in [3.05, 3.63) is 39.5 Å². The first-order chi connectivity index (χ1) is 11.0. The fourth-order valence-electron chi connectivity index (χ4n) is 2.06. The number of carbonyl (C=O) groups is 2. The fraction of sp³-hybridized carbons (Fsp3) is 0.353. The predicted molar refractivity (Wildman–Crippen MR) is 90.3 cm³/mol. The molecule has 0 aliphatic heterocycles. The van der Waals surface area contributed by atoms with Crippen molar-refractivity contribution in [1.29, 1.82) is 0 Å². The Morgan fingerprint density at radius 1 is 1.22 bits per heavy atom. The van der Waals surface area contributed by atoms with Gasteiger partial charge in [0.15, 0.2) is 4.80 Å². The van der Waals surface area contributed by atoms with Crippen LogP contribution in [-0.2, 0) is 4.79 Å². The van der Waals surface area contributed by atoms with Gasteiger partial charge in [0.25, 0.3) is 0 Å². The summed E-state index contributed by atoms with van der Waals surface area (Å²) in [6.07, 6.45) is 0.549. The molecule has 23 heavy (non-hydrogen) atoms. The molecule has 0 atom stereocenters. The van der Waals surface area contributed by atoms with Gasteiger partial charge in [-0.25, -0.2) is 9.56 Å². The molecule has 1 aromatic heterocycles. The van der Waals surface area contributed by atoms with Gasteiger partial charge < -0.3 is 4.74 Å². The van der Waals surface area contributed by atoms with E-state index in [1.54, 1.807) is 19.2 Å². The summed E-state index contributed by atoms with van der Waals surface area (Å²) in [4.78, 5) is 28.8. The number of hydrogen-bond acceptors (Lipinski definition) is 5. The van der Waals surface area contributed by atoms with E-state index < -0.39 is 0 Å². The van der Waals surface area contributed by atoms with E-state index in [1.807, 2.05) is 32.0 Å². The average Bonchev–Trinajstić information content (AvgIpc) is 2.91. The molecule has 1 heterocycles. The van der Waals surface area contributed by atoms with Crippen molar-refractivity contribution in [2.75, 3.05) is 0 Å². The molecular formula is C17H20N2O3S. The lowest BCUT2D eigenvalue weighted by Gasteiger charge is -2.06. The van der Waals surface area contributed by atoms with Crippen LogP contribution in [-0.4, -0.2) is 16.4 Å². The summed E-state index contributed by atoms with van der Waals surface area (Å²) in [5.41, 5.74) is 2.98. The summed E-state index contributed by atoms with van der Waals surface area (Å²) >= 11 is 1.28. The number of carbonyl (C=O) groups excluding carboxylic acids is 2. The molecule has 122 valence electrons. The van der Waals surface area contributed by atoms with Gasteiger partial charge in [0.2, 0.25) is 11.8 Å². The summed E-state index contributed by atoms with van der Waals surface area (Å²) in [5.74, 6) is -0.301. The molecular weight excluding hydrogens is 312 g/mol. The highest BCUT2D eigenvalue weighted by Gasteiger charge is 2.15. The van der Waals surface area contributed by atoms with Crippen LogP contribution in [0.1, 0.15) is 42.6 Å². The first-order valence-electron chi connectivity index (χ1n) is 7.52. The van der Waals surface area contributed by atoms with E-state index in [2.05, 4.69) is 4.99 Å². The van der Waals surface area contributed by atoms with Crippen LogP contribution >= 0.6 is 11.3 Å². The van der Waals surface area contributed by atoms with Crippen molar-refractivity contribution >= 4 is 28.9 Å². The fourth-order valence-corrected chi connectivity index (χ4v) is 2.87. The second-order valence-electron chi connectivity index (χ2n) is 5.17. The van der Waals surface area contributed by atoms with E-state index in [4.69, 9.17) is 4.74 Å². The van der Waals surface area contributed by atoms with E-state index in [0.717, 1.165) is 16.8 Å². The van der Waals surface area contributed by atoms with Gasteiger partial charge in [-0.1, -0.05) is 31.5 Å². The number of thiazole rings is 1. The molecule has 2 aromatic rings. The second-order valence-corrected chi connectivity index (χ2v) is 6.01. The zero-order chi connectivity index (χ0) is 17.0. The highest BCUT2D eigenvalue weighted by Crippen LogP contribution is 2.20. The van der Waals surface area contributed by atoms with E-state index in [0.29, 0.717) is 11.2 Å². The summed E-state index contributed by atoms with van der Waals surface area (Å²) in [5, 5.41) is 1.64. The first kappa shape index (κ1) is 17.1. The Balaban J connectivity index is 2.55. The molecule has 0 radical (unpaired) electrons. The SMILES string of the molecule is CCC(=O)Oc1csc(=Nc2ccc(C)cc2C)n1C(=O)CC. The molecule has 0 saturated carbocycles. The number of hydrogen-bond donors (Lipinski definition) is 0. The van der Waals surface area contributed by atoms with Gasteiger partial charge >= 0.3 is 5.97 Å². The predicted octanol–water partition coefficient (Wildman–Crippen LogP) is 3.76. The van der Waals surface area contributed by atoms with E-state index in [-0.39, 0.29) is 24.2 Å². The summed E-state index contributed by atoms with van der Waals surface area (Å²) < 4.78 is 6.61. The Labute approximate surface area is 139 Å². The number of rotatable bonds is 4. The number of benzene rings is 1. The zero-order valence-electron chi connectivity index (χ0n) is 13.8. The lowest BCUT2D eigenvalue weighted by atomic mass is 10.1. The normalized spacial score (nSPS) is 11.6. The van der Waals surface area contributed by atoms with Crippen LogP contribution in [0.4, 0.5) is 5.69 Å². The summed E-state index contributed by atoms with van der Waals surface area (Å²) in [6, 6.07) is 5.93. The molecule has 0 fully saturated rings. The van der Waals surface area contributed by atoms with E-state index in [9.17, 15) is 9.59 Å². The third-order valence-electron chi connectivity index (χ3n) is 3.30. The maximum atomic E-state index is 12.2. The standard InChI is InChI=1S/C17H20N2O3S/c1-5-14(20)19-15(22-16(21)6-2)10-23-17(19)18-13-8-7-11(3)9-12(13)4/h7-10H,5-6H2,1-4H3. The van der Waals surface area contributed by atoms with Crippen molar-refractivity contribution in [1.82, 2.24) is 4.57 Å². The second kappa shape index (κ2) is 7.37. The maximum absolute atomic E-state index is 12.2. The third kappa shape index (κ3) is 3.96. The van der Waals surface area contributed by atoms with Crippen molar-refractivity contribution in [3.8, 4) is 5.88 Å². The van der Waals surface area contributed by atoms with Crippen LogP contribution in [0, 0.1) is 13.8 Å². The van der Waals surface area contributed by atoms with Gasteiger partial charge in [0, 0.05) is 12.8 Å². The topological polar surface area (TPSA) is 60.7 Å². The Bertz CT molecular complexity index is 802. The van der Waals surface area contributed by atoms with Crippen molar-refractivity contribution < 1.29 is 14.3 Å². The van der Waals surface area contributed by atoms with Crippen LogP contribution < -0.4 is 9.54 Å². The maximum Gasteiger partial charge on any atom is 0.312 e. The number of esters is 1. The van der Waals surface area contributed by atoms with Crippen molar-refractivity contribution in [2.45, 2.75) is 40.5 Å². The molecule has 0 unspecified atom stereocenters. The molecule has 1 aromatic carbocycles. The molecule has 0 bridgehead atoms. The van der Waals surface area contributed by atoms with Gasteiger partial charge in [0.1, 0.15) is 0 Å². The summed E-state index contributed by atoms with van der Waals surface area (Å²) in [7, 11) is 0. The van der Waals surface area contributed by atoms with Gasteiger partial charge in [-0.15, -0.1) is 11.3 Å². The van der Waals surface area contributed by atoms with Crippen LogP contribution in [0.5, 0.6) is 5.88 Å². The van der Waals surface area contributed by atoms with Crippen LogP contribution in [0.2, 0.25) is 0 Å². The molecule has 0 amide bonds. The van der Waals surface area contributed by atoms with E-state index in [1.165, 1.54) is 15.9 Å². The quantitative estimate of drug-likeness (QED) is 0.801. The number of aromatic nitrogens is 1.